The van der Waals surface area contributed by atoms with Crippen molar-refractivity contribution >= 4 is 11.7 Å². The van der Waals surface area contributed by atoms with Gasteiger partial charge in [-0.2, -0.15) is 5.10 Å². The molecule has 1 amide bonds. The van der Waals surface area contributed by atoms with E-state index in [1.54, 1.807) is 35.3 Å². The van der Waals surface area contributed by atoms with Crippen molar-refractivity contribution in [1.29, 1.82) is 0 Å². The van der Waals surface area contributed by atoms with Crippen LogP contribution in [0.4, 0.5) is 0 Å². The van der Waals surface area contributed by atoms with Crippen LogP contribution in [0.1, 0.15) is 28.4 Å². The van der Waals surface area contributed by atoms with Gasteiger partial charge in [-0.25, -0.2) is 9.67 Å². The highest BCUT2D eigenvalue weighted by atomic mass is 16.5. The summed E-state index contributed by atoms with van der Waals surface area (Å²) in [7, 11) is 0. The first-order valence-corrected chi connectivity index (χ1v) is 8.51. The van der Waals surface area contributed by atoms with Gasteiger partial charge in [0.05, 0.1) is 6.54 Å². The van der Waals surface area contributed by atoms with Gasteiger partial charge in [-0.1, -0.05) is 24.3 Å². The number of ether oxygens (including phenoxy) is 1. The molecule has 0 saturated carbocycles. The molecule has 0 radical (unpaired) electrons. The highest BCUT2D eigenvalue weighted by molar-refractivity contribution is 5.94. The van der Waals surface area contributed by atoms with Crippen LogP contribution in [0.15, 0.2) is 61.2 Å². The van der Waals surface area contributed by atoms with Gasteiger partial charge in [-0.15, -0.1) is 0 Å². The fourth-order valence-corrected chi connectivity index (χ4v) is 2.53. The number of amides is 1. The summed E-state index contributed by atoms with van der Waals surface area (Å²) in [4.78, 5) is 27.2. The Bertz CT molecular complexity index is 905. The maximum atomic E-state index is 12.0. The van der Waals surface area contributed by atoms with Crippen molar-refractivity contribution < 1.29 is 14.3 Å². The van der Waals surface area contributed by atoms with Crippen molar-refractivity contribution in [3.05, 3.63) is 77.9 Å². The number of nitrogens with one attached hydrogen (secondary N) is 1. The minimum atomic E-state index is -0.215. The molecular weight excluding hydrogens is 344 g/mol. The standard InChI is InChI=1S/C20H20N4O3/c1-15(25)18-5-7-19(8-6-18)27-12-20(26)22-10-16-3-2-4-17(9-16)11-24-14-21-13-23-24/h2-9,13-14H,10-12H2,1H3,(H,22,26). The highest BCUT2D eigenvalue weighted by Crippen LogP contribution is 2.12. The number of hydrogen-bond donors (Lipinski definition) is 1. The topological polar surface area (TPSA) is 86.1 Å². The zero-order valence-electron chi connectivity index (χ0n) is 15.0. The van der Waals surface area contributed by atoms with Crippen molar-refractivity contribution in [2.45, 2.75) is 20.0 Å². The third-order valence-electron chi connectivity index (χ3n) is 3.92. The Hall–Kier alpha value is -3.48. The van der Waals surface area contributed by atoms with Crippen LogP contribution in [0.2, 0.25) is 0 Å². The summed E-state index contributed by atoms with van der Waals surface area (Å²) >= 11 is 0. The lowest BCUT2D eigenvalue weighted by atomic mass is 10.1. The molecule has 7 heteroatoms. The van der Waals surface area contributed by atoms with Gasteiger partial charge in [-0.05, 0) is 42.3 Å². The summed E-state index contributed by atoms with van der Waals surface area (Å²) in [5.41, 5.74) is 2.68. The Morgan fingerprint density at radius 3 is 2.59 bits per heavy atom. The quantitative estimate of drug-likeness (QED) is 0.620. The average molecular weight is 364 g/mol. The molecule has 1 aromatic heterocycles. The molecule has 0 atom stereocenters. The summed E-state index contributed by atoms with van der Waals surface area (Å²) in [6.07, 6.45) is 3.16. The zero-order valence-corrected chi connectivity index (χ0v) is 15.0. The van der Waals surface area contributed by atoms with Gasteiger partial charge in [0.2, 0.25) is 0 Å². The maximum absolute atomic E-state index is 12.0. The molecule has 0 aliphatic carbocycles. The van der Waals surface area contributed by atoms with E-state index in [2.05, 4.69) is 15.4 Å². The van der Waals surface area contributed by atoms with E-state index < -0.39 is 0 Å². The molecular formula is C20H20N4O3. The second-order valence-electron chi connectivity index (χ2n) is 6.06. The summed E-state index contributed by atoms with van der Waals surface area (Å²) in [5, 5.41) is 6.92. The van der Waals surface area contributed by atoms with E-state index in [0.717, 1.165) is 11.1 Å². The molecule has 138 valence electrons. The molecule has 27 heavy (non-hydrogen) atoms. The third-order valence-corrected chi connectivity index (χ3v) is 3.92. The van der Waals surface area contributed by atoms with Crippen molar-refractivity contribution in [2.75, 3.05) is 6.61 Å². The second-order valence-corrected chi connectivity index (χ2v) is 6.06. The molecule has 3 rings (SSSR count). The van der Waals surface area contributed by atoms with Crippen LogP contribution in [0.5, 0.6) is 5.75 Å². The predicted molar refractivity (Wildman–Crippen MR) is 99.4 cm³/mol. The fraction of sp³-hybridized carbons (Fsp3) is 0.200. The number of hydrogen-bond acceptors (Lipinski definition) is 5. The molecule has 0 saturated heterocycles. The van der Waals surface area contributed by atoms with Crippen molar-refractivity contribution in [3.63, 3.8) is 0 Å². The lowest BCUT2D eigenvalue weighted by Gasteiger charge is -2.09. The molecule has 0 aliphatic heterocycles. The smallest absolute Gasteiger partial charge is 0.258 e. The zero-order chi connectivity index (χ0) is 19.1. The van der Waals surface area contributed by atoms with Crippen LogP contribution in [0.25, 0.3) is 0 Å². The Morgan fingerprint density at radius 2 is 1.89 bits per heavy atom. The molecule has 7 nitrogen and oxygen atoms in total. The van der Waals surface area contributed by atoms with Gasteiger partial charge in [0, 0.05) is 12.1 Å². The van der Waals surface area contributed by atoms with E-state index >= 15 is 0 Å². The number of rotatable bonds is 8. The van der Waals surface area contributed by atoms with E-state index in [1.165, 1.54) is 13.3 Å². The van der Waals surface area contributed by atoms with Crippen LogP contribution in [0, 0.1) is 0 Å². The average Bonchev–Trinajstić information content (AvgIpc) is 3.18. The minimum absolute atomic E-state index is 0.00894. The first kappa shape index (κ1) is 18.3. The van der Waals surface area contributed by atoms with Gasteiger partial charge < -0.3 is 10.1 Å². The summed E-state index contributed by atoms with van der Waals surface area (Å²) in [6.45, 7) is 2.46. The molecule has 3 aromatic rings. The normalized spacial score (nSPS) is 10.4. The largest absolute Gasteiger partial charge is 0.484 e. The van der Waals surface area contributed by atoms with Gasteiger partial charge in [0.1, 0.15) is 18.4 Å². The van der Waals surface area contributed by atoms with Crippen LogP contribution < -0.4 is 10.1 Å². The Kier molecular flexibility index (Phi) is 5.94. The molecule has 0 unspecified atom stereocenters. The lowest BCUT2D eigenvalue weighted by molar-refractivity contribution is -0.123. The van der Waals surface area contributed by atoms with Gasteiger partial charge >= 0.3 is 0 Å². The molecule has 0 spiro atoms. The summed E-state index contributed by atoms with van der Waals surface area (Å²) < 4.78 is 7.18. The van der Waals surface area contributed by atoms with E-state index in [1.807, 2.05) is 24.3 Å². The molecule has 0 bridgehead atoms. The van der Waals surface area contributed by atoms with Crippen LogP contribution in [-0.2, 0) is 17.9 Å². The third kappa shape index (κ3) is 5.50. The predicted octanol–water partition coefficient (Wildman–Crippen LogP) is 2.22. The number of nitrogens with zero attached hydrogens (tertiary/aromatic N) is 3. The number of carbonyl (C=O) groups excluding carboxylic acids is 2. The maximum Gasteiger partial charge on any atom is 0.258 e. The number of ketones is 1. The number of carbonyl (C=O) groups is 2. The number of aromatic nitrogens is 3. The van der Waals surface area contributed by atoms with Gasteiger partial charge in [0.15, 0.2) is 12.4 Å². The van der Waals surface area contributed by atoms with Crippen LogP contribution >= 0.6 is 0 Å². The number of Topliss-reactive ketones (excluding diaryl/α,β-unsaturated/α-hetero) is 1. The monoisotopic (exact) mass is 364 g/mol. The van der Waals surface area contributed by atoms with E-state index in [-0.39, 0.29) is 18.3 Å². The Balaban J connectivity index is 1.46. The first-order valence-electron chi connectivity index (χ1n) is 8.51. The van der Waals surface area contributed by atoms with Crippen molar-refractivity contribution in [1.82, 2.24) is 20.1 Å². The molecule has 1 N–H and O–H groups in total. The summed E-state index contributed by atoms with van der Waals surface area (Å²) in [5.74, 6) is 0.322. The molecule has 0 aliphatic rings. The summed E-state index contributed by atoms with van der Waals surface area (Å²) in [6, 6.07) is 14.6. The van der Waals surface area contributed by atoms with E-state index in [4.69, 9.17) is 4.74 Å². The molecule has 0 fully saturated rings. The van der Waals surface area contributed by atoms with Crippen LogP contribution in [0.3, 0.4) is 0 Å². The van der Waals surface area contributed by atoms with E-state index in [0.29, 0.717) is 24.4 Å². The molecule has 2 aromatic carbocycles. The highest BCUT2D eigenvalue weighted by Gasteiger charge is 2.05. The Labute approximate surface area is 157 Å². The van der Waals surface area contributed by atoms with Gasteiger partial charge in [0.25, 0.3) is 5.91 Å². The van der Waals surface area contributed by atoms with Crippen LogP contribution in [-0.4, -0.2) is 33.1 Å². The first-order chi connectivity index (χ1) is 13.1. The van der Waals surface area contributed by atoms with Crippen molar-refractivity contribution in [3.8, 4) is 5.75 Å². The lowest BCUT2D eigenvalue weighted by Crippen LogP contribution is -2.28. The second kappa shape index (κ2) is 8.75. The van der Waals surface area contributed by atoms with Gasteiger partial charge in [-0.3, -0.25) is 9.59 Å². The minimum Gasteiger partial charge on any atom is -0.484 e. The number of benzene rings is 2. The van der Waals surface area contributed by atoms with Crippen molar-refractivity contribution in [2.24, 2.45) is 0 Å². The SMILES string of the molecule is CC(=O)c1ccc(OCC(=O)NCc2cccc(Cn3cncn3)c2)cc1. The molecule has 1 heterocycles. The van der Waals surface area contributed by atoms with E-state index in [9.17, 15) is 9.59 Å². The Morgan fingerprint density at radius 1 is 1.11 bits per heavy atom. The fourth-order valence-electron chi connectivity index (χ4n) is 2.53.